The summed E-state index contributed by atoms with van der Waals surface area (Å²) in [4.78, 5) is 33.1. The zero-order valence-electron chi connectivity index (χ0n) is 17.2. The second kappa shape index (κ2) is 7.89. The number of thiazole rings is 1. The monoisotopic (exact) mass is 462 g/mol. The van der Waals surface area contributed by atoms with E-state index in [4.69, 9.17) is 4.74 Å². The molecule has 8 heteroatoms. The van der Waals surface area contributed by atoms with Gasteiger partial charge < -0.3 is 9.84 Å². The Hall–Kier alpha value is -3.49. The lowest BCUT2D eigenvalue weighted by Crippen LogP contribution is -2.30. The Morgan fingerprint density at radius 1 is 1.16 bits per heavy atom. The summed E-state index contributed by atoms with van der Waals surface area (Å²) in [5.41, 5.74) is 2.55. The van der Waals surface area contributed by atoms with Crippen molar-refractivity contribution < 1.29 is 19.4 Å². The van der Waals surface area contributed by atoms with E-state index in [1.807, 2.05) is 43.3 Å². The van der Waals surface area contributed by atoms with Gasteiger partial charge in [-0.1, -0.05) is 47.2 Å². The molecule has 4 aromatic rings. The molecule has 32 heavy (non-hydrogen) atoms. The van der Waals surface area contributed by atoms with E-state index in [1.54, 1.807) is 30.7 Å². The lowest BCUT2D eigenvalue weighted by atomic mass is 9.95. The Balaban J connectivity index is 1.67. The van der Waals surface area contributed by atoms with E-state index in [1.165, 1.54) is 27.6 Å². The van der Waals surface area contributed by atoms with E-state index >= 15 is 0 Å². The minimum Gasteiger partial charge on any atom is -0.503 e. The fourth-order valence-corrected chi connectivity index (χ4v) is 5.46. The highest BCUT2D eigenvalue weighted by Crippen LogP contribution is 2.44. The summed E-state index contributed by atoms with van der Waals surface area (Å²) >= 11 is 2.58. The predicted molar refractivity (Wildman–Crippen MR) is 126 cm³/mol. The SMILES string of the molecule is COc1ccc2nc(N3C(=O)C(O)=C(C(=O)c4cccs4)[C@@H]3c3ccc(C)cc3)sc2c1. The number of hydrogen-bond donors (Lipinski definition) is 1. The third-order valence-corrected chi connectivity index (χ3v) is 7.27. The molecule has 0 saturated heterocycles. The van der Waals surface area contributed by atoms with E-state index in [0.29, 0.717) is 21.3 Å². The lowest BCUT2D eigenvalue weighted by Gasteiger charge is -2.24. The van der Waals surface area contributed by atoms with E-state index in [0.717, 1.165) is 15.8 Å². The first-order valence-electron chi connectivity index (χ1n) is 9.84. The lowest BCUT2D eigenvalue weighted by molar-refractivity contribution is -0.117. The van der Waals surface area contributed by atoms with E-state index in [9.17, 15) is 14.7 Å². The quantitative estimate of drug-likeness (QED) is 0.399. The van der Waals surface area contributed by atoms with Gasteiger partial charge in [0.15, 0.2) is 10.9 Å². The van der Waals surface area contributed by atoms with E-state index < -0.39 is 17.7 Å². The first-order chi connectivity index (χ1) is 15.5. The zero-order chi connectivity index (χ0) is 22.4. The number of aliphatic hydroxyl groups excluding tert-OH is 1. The fourth-order valence-electron chi connectivity index (χ4n) is 3.76. The van der Waals surface area contributed by atoms with Crippen LogP contribution in [0.5, 0.6) is 5.75 Å². The van der Waals surface area contributed by atoms with Crippen molar-refractivity contribution in [3.8, 4) is 5.75 Å². The molecule has 1 N–H and O–H groups in total. The maximum Gasteiger partial charge on any atom is 0.296 e. The molecule has 1 amide bonds. The minimum absolute atomic E-state index is 0.0677. The molecule has 2 aromatic heterocycles. The van der Waals surface area contributed by atoms with Crippen molar-refractivity contribution in [1.29, 1.82) is 0 Å². The molecule has 1 aliphatic rings. The van der Waals surface area contributed by atoms with Crippen LogP contribution in [0.25, 0.3) is 10.2 Å². The van der Waals surface area contributed by atoms with Gasteiger partial charge in [0.1, 0.15) is 5.75 Å². The number of amides is 1. The topological polar surface area (TPSA) is 79.7 Å². The average Bonchev–Trinajstić information content (AvgIpc) is 3.52. The number of carbonyl (C=O) groups is 2. The summed E-state index contributed by atoms with van der Waals surface area (Å²) < 4.78 is 6.13. The van der Waals surface area contributed by atoms with Gasteiger partial charge in [0.2, 0.25) is 5.78 Å². The molecule has 0 bridgehead atoms. The number of thiophene rings is 1. The third-order valence-electron chi connectivity index (χ3n) is 5.38. The molecule has 1 atom stereocenters. The highest BCUT2D eigenvalue weighted by Gasteiger charge is 2.46. The fraction of sp³-hybridized carbons (Fsp3) is 0.125. The van der Waals surface area contributed by atoms with Gasteiger partial charge in [-0.05, 0) is 42.1 Å². The highest BCUT2D eigenvalue weighted by molar-refractivity contribution is 7.22. The number of Topliss-reactive ketones (excluding diaryl/α,β-unsaturated/α-hetero) is 1. The number of aryl methyl sites for hydroxylation is 1. The van der Waals surface area contributed by atoms with Crippen molar-refractivity contribution >= 4 is 49.7 Å². The first kappa shape index (κ1) is 20.4. The van der Waals surface area contributed by atoms with Gasteiger partial charge >= 0.3 is 0 Å². The predicted octanol–water partition coefficient (Wildman–Crippen LogP) is 5.46. The van der Waals surface area contributed by atoms with Crippen molar-refractivity contribution in [3.63, 3.8) is 0 Å². The standard InChI is InChI=1S/C24H18N2O4S2/c1-13-5-7-14(8-6-13)20-19(21(27)17-4-3-11-31-17)22(28)23(29)26(20)24-25-16-10-9-15(30-2)12-18(16)32-24/h3-12,20,28H,1-2H3/t20-/m0/s1. The van der Waals surface area contributed by atoms with Crippen LogP contribution in [0.15, 0.2) is 71.3 Å². The largest absolute Gasteiger partial charge is 0.503 e. The number of aliphatic hydroxyl groups is 1. The number of methoxy groups -OCH3 is 1. The molecule has 0 fully saturated rings. The van der Waals surface area contributed by atoms with Gasteiger partial charge in [0.05, 0.1) is 33.8 Å². The molecular weight excluding hydrogens is 444 g/mol. The van der Waals surface area contributed by atoms with Crippen LogP contribution in [-0.2, 0) is 4.79 Å². The van der Waals surface area contributed by atoms with Gasteiger partial charge in [-0.3, -0.25) is 14.5 Å². The van der Waals surface area contributed by atoms with Crippen LogP contribution in [0, 0.1) is 6.92 Å². The molecule has 6 nitrogen and oxygen atoms in total. The van der Waals surface area contributed by atoms with Crippen molar-refractivity contribution in [3.05, 3.63) is 87.3 Å². The molecule has 1 aliphatic heterocycles. The van der Waals surface area contributed by atoms with Crippen LogP contribution in [0.4, 0.5) is 5.13 Å². The number of benzene rings is 2. The maximum atomic E-state index is 13.3. The molecule has 2 aromatic carbocycles. The molecular formula is C24H18N2O4S2. The molecule has 160 valence electrons. The second-order valence-corrected chi connectivity index (χ2v) is 9.34. The number of aromatic nitrogens is 1. The summed E-state index contributed by atoms with van der Waals surface area (Å²) in [6, 6.07) is 15.7. The van der Waals surface area contributed by atoms with Gasteiger partial charge in [0, 0.05) is 0 Å². The number of ketones is 1. The average molecular weight is 463 g/mol. The van der Waals surface area contributed by atoms with Crippen molar-refractivity contribution in [2.45, 2.75) is 13.0 Å². The van der Waals surface area contributed by atoms with Crippen LogP contribution in [0.1, 0.15) is 26.8 Å². The number of ether oxygens (including phenoxy) is 1. The van der Waals surface area contributed by atoms with Crippen molar-refractivity contribution in [2.75, 3.05) is 12.0 Å². The van der Waals surface area contributed by atoms with Crippen LogP contribution in [0.3, 0.4) is 0 Å². The number of nitrogens with zero attached hydrogens (tertiary/aromatic N) is 2. The van der Waals surface area contributed by atoms with Crippen molar-refractivity contribution in [2.24, 2.45) is 0 Å². The van der Waals surface area contributed by atoms with Gasteiger partial charge in [0.25, 0.3) is 5.91 Å². The number of anilines is 1. The molecule has 3 heterocycles. The summed E-state index contributed by atoms with van der Waals surface area (Å²) in [6.07, 6.45) is 0. The Morgan fingerprint density at radius 2 is 1.94 bits per heavy atom. The number of fused-ring (bicyclic) bond motifs is 1. The summed E-state index contributed by atoms with van der Waals surface area (Å²) in [5.74, 6) is -0.848. The third kappa shape index (κ3) is 3.28. The molecule has 0 aliphatic carbocycles. The van der Waals surface area contributed by atoms with Crippen LogP contribution < -0.4 is 9.64 Å². The van der Waals surface area contributed by atoms with Gasteiger partial charge in [-0.15, -0.1) is 11.3 Å². The van der Waals surface area contributed by atoms with Crippen LogP contribution in [-0.4, -0.2) is 28.9 Å². The molecule has 5 rings (SSSR count). The molecule has 0 spiro atoms. The summed E-state index contributed by atoms with van der Waals surface area (Å²) in [5, 5.41) is 13.0. The maximum absolute atomic E-state index is 13.3. The van der Waals surface area contributed by atoms with Crippen molar-refractivity contribution in [1.82, 2.24) is 4.98 Å². The summed E-state index contributed by atoms with van der Waals surface area (Å²) in [7, 11) is 1.59. The van der Waals surface area contributed by atoms with Crippen LogP contribution >= 0.6 is 22.7 Å². The number of rotatable bonds is 5. The number of hydrogen-bond acceptors (Lipinski definition) is 7. The Bertz CT molecular complexity index is 1370. The second-order valence-electron chi connectivity index (χ2n) is 7.39. The zero-order valence-corrected chi connectivity index (χ0v) is 18.9. The van der Waals surface area contributed by atoms with E-state index in [2.05, 4.69) is 4.98 Å². The molecule has 0 radical (unpaired) electrons. The molecule has 0 saturated carbocycles. The minimum atomic E-state index is -0.778. The summed E-state index contributed by atoms with van der Waals surface area (Å²) in [6.45, 7) is 1.97. The smallest absolute Gasteiger partial charge is 0.296 e. The highest BCUT2D eigenvalue weighted by atomic mass is 32.1. The Labute approximate surface area is 192 Å². The Morgan fingerprint density at radius 3 is 2.62 bits per heavy atom. The first-order valence-corrected chi connectivity index (χ1v) is 11.5. The van der Waals surface area contributed by atoms with Crippen LogP contribution in [0.2, 0.25) is 0 Å². The molecule has 0 unspecified atom stereocenters. The van der Waals surface area contributed by atoms with Gasteiger partial charge in [-0.25, -0.2) is 4.98 Å². The Kier molecular flexibility index (Phi) is 5.03. The van der Waals surface area contributed by atoms with E-state index in [-0.39, 0.29) is 11.4 Å². The normalized spacial score (nSPS) is 16.2. The van der Waals surface area contributed by atoms with Gasteiger partial charge in [-0.2, -0.15) is 0 Å². The number of carbonyl (C=O) groups excluding carboxylic acids is 2.